The Morgan fingerprint density at radius 1 is 1.42 bits per heavy atom. The zero-order chi connectivity index (χ0) is 8.55. The molecule has 62 valence electrons. The van der Waals surface area contributed by atoms with Crippen molar-refractivity contribution >= 4 is 0 Å². The summed E-state index contributed by atoms with van der Waals surface area (Å²) >= 11 is 0. The van der Waals surface area contributed by atoms with Gasteiger partial charge in [0, 0.05) is 5.56 Å². The summed E-state index contributed by atoms with van der Waals surface area (Å²) in [6.45, 7) is 3.68. The van der Waals surface area contributed by atoms with Gasteiger partial charge in [0.25, 0.3) is 0 Å². The first-order chi connectivity index (χ1) is 5.83. The van der Waals surface area contributed by atoms with Crippen LogP contribution in [0.2, 0.25) is 0 Å². The number of aromatic hydroxyl groups is 1. The first-order valence-corrected chi connectivity index (χ1v) is 4.26. The molecule has 0 aliphatic heterocycles. The third-order valence-corrected chi connectivity index (χ3v) is 2.50. The van der Waals surface area contributed by atoms with Crippen molar-refractivity contribution in [1.82, 2.24) is 0 Å². The third kappa shape index (κ3) is 0.934. The van der Waals surface area contributed by atoms with Crippen molar-refractivity contribution in [1.29, 1.82) is 0 Å². The van der Waals surface area contributed by atoms with Crippen LogP contribution in [0.4, 0.5) is 0 Å². The van der Waals surface area contributed by atoms with E-state index >= 15 is 0 Å². The molecule has 0 atom stereocenters. The van der Waals surface area contributed by atoms with Crippen LogP contribution in [0.25, 0.3) is 0 Å². The fourth-order valence-electron chi connectivity index (χ4n) is 1.73. The van der Waals surface area contributed by atoms with E-state index in [-0.39, 0.29) is 0 Å². The van der Waals surface area contributed by atoms with Crippen LogP contribution in [0.3, 0.4) is 0 Å². The second-order valence-corrected chi connectivity index (χ2v) is 3.19. The van der Waals surface area contributed by atoms with E-state index < -0.39 is 0 Å². The highest BCUT2D eigenvalue weighted by molar-refractivity contribution is 5.49. The molecule has 2 rings (SSSR count). The smallest absolute Gasteiger partial charge is 0.119 e. The summed E-state index contributed by atoms with van der Waals surface area (Å²) in [7, 11) is 0. The van der Waals surface area contributed by atoms with Gasteiger partial charge in [0.2, 0.25) is 0 Å². The van der Waals surface area contributed by atoms with Gasteiger partial charge < -0.3 is 5.11 Å². The van der Waals surface area contributed by atoms with E-state index in [0.717, 1.165) is 18.4 Å². The second-order valence-electron chi connectivity index (χ2n) is 3.19. The van der Waals surface area contributed by atoms with Gasteiger partial charge in [-0.2, -0.15) is 0 Å². The van der Waals surface area contributed by atoms with E-state index in [1.807, 2.05) is 12.1 Å². The van der Waals surface area contributed by atoms with Gasteiger partial charge in [-0.3, -0.25) is 0 Å². The number of hydrogen-bond acceptors (Lipinski definition) is 1. The molecule has 1 aromatic carbocycles. The number of rotatable bonds is 2. The molecule has 0 saturated carbocycles. The van der Waals surface area contributed by atoms with E-state index in [1.54, 1.807) is 6.07 Å². The number of phenolic OH excluding ortho intramolecular Hbond substituents is 1. The third-order valence-electron chi connectivity index (χ3n) is 2.50. The fourth-order valence-corrected chi connectivity index (χ4v) is 1.73. The molecule has 0 heterocycles. The van der Waals surface area contributed by atoms with Crippen LogP contribution in [-0.4, -0.2) is 5.11 Å². The molecule has 0 amide bonds. The number of benzene rings is 1. The average Bonchev–Trinajstić information content (AvgIpc) is 1.99. The normalized spacial score (nSPS) is 13.3. The number of hydrogen-bond donors (Lipinski definition) is 1. The van der Waals surface area contributed by atoms with Gasteiger partial charge in [-0.25, -0.2) is 0 Å². The van der Waals surface area contributed by atoms with Crippen LogP contribution < -0.4 is 0 Å². The highest BCUT2D eigenvalue weighted by Gasteiger charge is 2.18. The zero-order valence-corrected chi connectivity index (χ0v) is 7.01. The van der Waals surface area contributed by atoms with Gasteiger partial charge in [-0.15, -0.1) is 6.58 Å². The minimum absolute atomic E-state index is 0.424. The summed E-state index contributed by atoms with van der Waals surface area (Å²) in [5, 5.41) is 9.53. The van der Waals surface area contributed by atoms with Gasteiger partial charge >= 0.3 is 0 Å². The monoisotopic (exact) mass is 160 g/mol. The Labute approximate surface area is 72.4 Å². The zero-order valence-electron chi connectivity index (χ0n) is 7.01. The molecular weight excluding hydrogens is 148 g/mol. The van der Waals surface area contributed by atoms with Crippen LogP contribution in [0.1, 0.15) is 16.7 Å². The van der Waals surface area contributed by atoms with Crippen LogP contribution in [0, 0.1) is 0 Å². The molecule has 12 heavy (non-hydrogen) atoms. The minimum Gasteiger partial charge on any atom is -0.508 e. The van der Waals surface area contributed by atoms with E-state index in [0.29, 0.717) is 5.75 Å². The molecule has 0 fully saturated rings. The Balaban J connectivity index is 2.49. The van der Waals surface area contributed by atoms with Crippen molar-refractivity contribution in [3.8, 4) is 5.75 Å². The first-order valence-electron chi connectivity index (χ1n) is 4.26. The van der Waals surface area contributed by atoms with Crippen molar-refractivity contribution in [2.75, 3.05) is 0 Å². The summed E-state index contributed by atoms with van der Waals surface area (Å²) in [4.78, 5) is 0. The highest BCUT2D eigenvalue weighted by Crippen LogP contribution is 2.32. The van der Waals surface area contributed by atoms with Gasteiger partial charge in [-0.1, -0.05) is 12.1 Å². The lowest BCUT2D eigenvalue weighted by Crippen LogP contribution is -2.11. The van der Waals surface area contributed by atoms with Gasteiger partial charge in [0.05, 0.1) is 0 Å². The summed E-state index contributed by atoms with van der Waals surface area (Å²) in [5.74, 6) is 0.424. The molecule has 1 aliphatic carbocycles. The number of aryl methyl sites for hydroxylation is 1. The maximum Gasteiger partial charge on any atom is 0.119 e. The summed E-state index contributed by atoms with van der Waals surface area (Å²) in [6.07, 6.45) is 4.91. The number of allylic oxidation sites excluding steroid dienone is 1. The molecule has 1 heteroatoms. The quantitative estimate of drug-likeness (QED) is 0.658. The maximum atomic E-state index is 9.53. The lowest BCUT2D eigenvalue weighted by atomic mass is 9.83. The van der Waals surface area contributed by atoms with Gasteiger partial charge in [0.15, 0.2) is 0 Å². The van der Waals surface area contributed by atoms with Crippen LogP contribution >= 0.6 is 0 Å². The predicted octanol–water partition coefficient (Wildman–Crippen LogP) is 2.22. The van der Waals surface area contributed by atoms with Gasteiger partial charge in [-0.05, 0) is 36.5 Å². The Hall–Kier alpha value is -1.24. The topological polar surface area (TPSA) is 20.2 Å². The van der Waals surface area contributed by atoms with Crippen molar-refractivity contribution < 1.29 is 5.11 Å². The SMILES string of the molecule is C=CCc1c(O)ccc2c1CC2. The second kappa shape index (κ2) is 2.67. The van der Waals surface area contributed by atoms with Gasteiger partial charge in [0.1, 0.15) is 5.75 Å². The molecule has 0 aromatic heterocycles. The molecule has 1 N–H and O–H groups in total. The molecule has 0 saturated heterocycles. The van der Waals surface area contributed by atoms with Crippen LogP contribution in [0.15, 0.2) is 24.8 Å². The lowest BCUT2D eigenvalue weighted by molar-refractivity contribution is 0.467. The predicted molar refractivity (Wildman–Crippen MR) is 49.4 cm³/mol. The van der Waals surface area contributed by atoms with E-state index in [2.05, 4.69) is 6.58 Å². The Morgan fingerprint density at radius 2 is 2.25 bits per heavy atom. The minimum atomic E-state index is 0.424. The summed E-state index contributed by atoms with van der Waals surface area (Å²) in [5.41, 5.74) is 3.81. The maximum absolute atomic E-state index is 9.53. The summed E-state index contributed by atoms with van der Waals surface area (Å²) in [6, 6.07) is 3.80. The first kappa shape index (κ1) is 7.41. The van der Waals surface area contributed by atoms with Crippen molar-refractivity contribution in [2.45, 2.75) is 19.3 Å². The fraction of sp³-hybridized carbons (Fsp3) is 0.273. The van der Waals surface area contributed by atoms with E-state index in [1.165, 1.54) is 17.5 Å². The molecule has 0 bridgehead atoms. The van der Waals surface area contributed by atoms with E-state index in [4.69, 9.17) is 0 Å². The van der Waals surface area contributed by atoms with Crippen molar-refractivity contribution in [3.63, 3.8) is 0 Å². The van der Waals surface area contributed by atoms with Crippen molar-refractivity contribution in [3.05, 3.63) is 41.5 Å². The highest BCUT2D eigenvalue weighted by atomic mass is 16.3. The molecule has 1 aromatic rings. The largest absolute Gasteiger partial charge is 0.508 e. The van der Waals surface area contributed by atoms with E-state index in [9.17, 15) is 5.11 Å². The Bertz CT molecular complexity index is 326. The number of phenols is 1. The standard InChI is InChI=1S/C11H12O/c1-2-3-10-9-6-4-8(9)5-7-11(10)12/h2,5,7,12H,1,3-4,6H2. The Morgan fingerprint density at radius 3 is 2.83 bits per heavy atom. The van der Waals surface area contributed by atoms with Crippen LogP contribution in [0.5, 0.6) is 5.75 Å². The number of fused-ring (bicyclic) bond motifs is 1. The lowest BCUT2D eigenvalue weighted by Gasteiger charge is -2.22. The molecule has 0 unspecified atom stereocenters. The molecular formula is C11H12O. The van der Waals surface area contributed by atoms with Crippen molar-refractivity contribution in [2.24, 2.45) is 0 Å². The molecule has 0 radical (unpaired) electrons. The average molecular weight is 160 g/mol. The molecule has 1 aliphatic rings. The molecule has 0 spiro atoms. The van der Waals surface area contributed by atoms with Crippen LogP contribution in [-0.2, 0) is 19.3 Å². The summed E-state index contributed by atoms with van der Waals surface area (Å²) < 4.78 is 0. The molecule has 1 nitrogen and oxygen atoms in total. The Kier molecular flexibility index (Phi) is 1.65.